The minimum atomic E-state index is -0.295. The van der Waals surface area contributed by atoms with Crippen LogP contribution in [-0.2, 0) is 9.59 Å². The lowest BCUT2D eigenvalue weighted by Gasteiger charge is -2.35. The Labute approximate surface area is 247 Å². The zero-order valence-electron chi connectivity index (χ0n) is 22.1. The molecular formula is C31H29Cl2N3O3S. The SMILES string of the molecule is CN(C(=O)CN1C(=O)COc2cc(Cl)c(Cl)cc21)C(CN1CCCC1)c1ccc(-c2cc3ccccc3s2)cc1. The summed E-state index contributed by atoms with van der Waals surface area (Å²) in [5, 5.41) is 1.88. The quantitative estimate of drug-likeness (QED) is 0.234. The number of amides is 2. The molecule has 4 aromatic rings. The first-order valence-electron chi connectivity index (χ1n) is 13.4. The highest BCUT2D eigenvalue weighted by molar-refractivity contribution is 7.22. The van der Waals surface area contributed by atoms with Gasteiger partial charge in [0.25, 0.3) is 5.91 Å². The summed E-state index contributed by atoms with van der Waals surface area (Å²) in [6, 6.07) is 22.2. The van der Waals surface area contributed by atoms with Crippen LogP contribution in [0.1, 0.15) is 24.4 Å². The fourth-order valence-electron chi connectivity index (χ4n) is 5.45. The predicted molar refractivity (Wildman–Crippen MR) is 163 cm³/mol. The zero-order valence-corrected chi connectivity index (χ0v) is 24.4. The van der Waals surface area contributed by atoms with Gasteiger partial charge >= 0.3 is 0 Å². The number of nitrogens with zero attached hydrogens (tertiary/aromatic N) is 3. The van der Waals surface area contributed by atoms with E-state index in [9.17, 15) is 9.59 Å². The molecule has 1 atom stereocenters. The van der Waals surface area contributed by atoms with E-state index in [4.69, 9.17) is 27.9 Å². The van der Waals surface area contributed by atoms with Crippen LogP contribution in [0.5, 0.6) is 5.75 Å². The standard InChI is InChI=1S/C31H29Cl2N3O3S/c1-34(30(37)18-36-25-15-23(32)24(33)16-27(25)39-19-31(36)38)26(17-35-12-4-5-13-35)20-8-10-21(11-9-20)29-14-22-6-2-3-7-28(22)40-29/h2-3,6-11,14-16,26H,4-5,12-13,17-19H2,1H3. The number of anilines is 1. The van der Waals surface area contributed by atoms with Crippen molar-refractivity contribution < 1.29 is 14.3 Å². The topological polar surface area (TPSA) is 53.1 Å². The van der Waals surface area contributed by atoms with E-state index in [0.717, 1.165) is 43.6 Å². The van der Waals surface area contributed by atoms with Gasteiger partial charge in [-0.15, -0.1) is 11.3 Å². The molecule has 0 radical (unpaired) electrons. The van der Waals surface area contributed by atoms with E-state index in [2.05, 4.69) is 59.5 Å². The van der Waals surface area contributed by atoms with Gasteiger partial charge in [0, 0.05) is 29.2 Å². The van der Waals surface area contributed by atoms with Crippen LogP contribution in [0, 0.1) is 0 Å². The lowest BCUT2D eigenvalue weighted by atomic mass is 10.0. The molecule has 1 aromatic heterocycles. The molecule has 3 heterocycles. The summed E-state index contributed by atoms with van der Waals surface area (Å²) >= 11 is 14.2. The average molecular weight is 595 g/mol. The number of hydrogen-bond acceptors (Lipinski definition) is 5. The van der Waals surface area contributed by atoms with Gasteiger partial charge in [0.2, 0.25) is 5.91 Å². The molecular weight excluding hydrogens is 565 g/mol. The van der Waals surface area contributed by atoms with Crippen LogP contribution in [0.2, 0.25) is 10.0 Å². The van der Waals surface area contributed by atoms with Gasteiger partial charge in [0.15, 0.2) is 6.61 Å². The second kappa shape index (κ2) is 11.4. The van der Waals surface area contributed by atoms with Gasteiger partial charge in [0.05, 0.1) is 21.8 Å². The number of halogens is 2. The number of benzene rings is 3. The lowest BCUT2D eigenvalue weighted by molar-refractivity contribution is -0.133. The van der Waals surface area contributed by atoms with Crippen molar-refractivity contribution in [2.75, 3.05) is 44.7 Å². The van der Waals surface area contributed by atoms with Gasteiger partial charge in [-0.1, -0.05) is 65.7 Å². The van der Waals surface area contributed by atoms with Gasteiger partial charge in [-0.25, -0.2) is 0 Å². The van der Waals surface area contributed by atoms with Crippen LogP contribution < -0.4 is 9.64 Å². The lowest BCUT2D eigenvalue weighted by Crippen LogP contribution is -2.47. The number of carbonyl (C=O) groups excluding carboxylic acids is 2. The normalized spacial score (nSPS) is 16.2. The Balaban J connectivity index is 1.25. The summed E-state index contributed by atoms with van der Waals surface area (Å²) in [5.74, 6) is -0.0173. The maximum absolute atomic E-state index is 13.7. The molecule has 9 heteroatoms. The summed E-state index contributed by atoms with van der Waals surface area (Å²) in [4.78, 5) is 33.4. The molecule has 1 saturated heterocycles. The van der Waals surface area contributed by atoms with Crippen LogP contribution in [0.25, 0.3) is 20.5 Å². The summed E-state index contributed by atoms with van der Waals surface area (Å²) in [5.41, 5.74) is 2.68. The molecule has 0 bridgehead atoms. The molecule has 2 aliphatic heterocycles. The number of ether oxygens (including phenoxy) is 1. The first-order valence-corrected chi connectivity index (χ1v) is 14.9. The molecule has 2 amide bonds. The number of thiophene rings is 1. The van der Waals surface area contributed by atoms with Crippen molar-refractivity contribution in [2.45, 2.75) is 18.9 Å². The maximum Gasteiger partial charge on any atom is 0.265 e. The van der Waals surface area contributed by atoms with E-state index in [1.54, 1.807) is 28.4 Å². The summed E-state index contributed by atoms with van der Waals surface area (Å²) in [6.07, 6.45) is 2.33. The van der Waals surface area contributed by atoms with Gasteiger partial charge in [-0.3, -0.25) is 14.5 Å². The second-order valence-electron chi connectivity index (χ2n) is 10.3. The number of likely N-dealkylation sites (tertiary alicyclic amines) is 1. The first-order chi connectivity index (χ1) is 19.4. The van der Waals surface area contributed by atoms with E-state index >= 15 is 0 Å². The Kier molecular flexibility index (Phi) is 7.73. The molecule has 40 heavy (non-hydrogen) atoms. The highest BCUT2D eigenvalue weighted by Crippen LogP contribution is 2.39. The molecule has 1 unspecified atom stereocenters. The first kappa shape index (κ1) is 27.1. The number of fused-ring (bicyclic) bond motifs is 2. The number of carbonyl (C=O) groups is 2. The highest BCUT2D eigenvalue weighted by atomic mass is 35.5. The minimum absolute atomic E-state index is 0.111. The Morgan fingerprint density at radius 1 is 1.02 bits per heavy atom. The van der Waals surface area contributed by atoms with Gasteiger partial charge in [0.1, 0.15) is 12.3 Å². The third-order valence-corrected chi connectivity index (χ3v) is 9.62. The minimum Gasteiger partial charge on any atom is -0.482 e. The molecule has 2 aliphatic rings. The van der Waals surface area contributed by atoms with Crippen molar-refractivity contribution in [1.82, 2.24) is 9.80 Å². The molecule has 0 spiro atoms. The molecule has 3 aromatic carbocycles. The molecule has 0 saturated carbocycles. The van der Waals surface area contributed by atoms with Crippen molar-refractivity contribution in [1.29, 1.82) is 0 Å². The largest absolute Gasteiger partial charge is 0.482 e. The predicted octanol–water partition coefficient (Wildman–Crippen LogP) is 6.90. The van der Waals surface area contributed by atoms with E-state index < -0.39 is 0 Å². The van der Waals surface area contributed by atoms with Crippen molar-refractivity contribution in [3.05, 3.63) is 82.3 Å². The van der Waals surface area contributed by atoms with Crippen LogP contribution in [-0.4, -0.2) is 61.4 Å². The zero-order chi connectivity index (χ0) is 27.8. The smallest absolute Gasteiger partial charge is 0.265 e. The van der Waals surface area contributed by atoms with E-state index in [-0.39, 0.29) is 31.0 Å². The average Bonchev–Trinajstić information content (AvgIpc) is 3.64. The fourth-order valence-corrected chi connectivity index (χ4v) is 6.83. The monoisotopic (exact) mass is 593 g/mol. The number of likely N-dealkylation sites (N-methyl/N-ethyl adjacent to an activating group) is 1. The third kappa shape index (κ3) is 5.44. The van der Waals surface area contributed by atoms with Crippen LogP contribution in [0.4, 0.5) is 5.69 Å². The molecule has 1 fully saturated rings. The van der Waals surface area contributed by atoms with Crippen molar-refractivity contribution in [2.24, 2.45) is 0 Å². The van der Waals surface area contributed by atoms with Gasteiger partial charge in [-0.2, -0.15) is 0 Å². The van der Waals surface area contributed by atoms with Crippen molar-refractivity contribution in [3.63, 3.8) is 0 Å². The van der Waals surface area contributed by atoms with Gasteiger partial charge < -0.3 is 14.5 Å². The van der Waals surface area contributed by atoms with E-state index in [1.807, 2.05) is 7.05 Å². The summed E-state index contributed by atoms with van der Waals surface area (Å²) < 4.78 is 6.82. The molecule has 206 valence electrons. The maximum atomic E-state index is 13.7. The molecule has 0 N–H and O–H groups in total. The van der Waals surface area contributed by atoms with E-state index in [1.165, 1.54) is 19.9 Å². The summed E-state index contributed by atoms with van der Waals surface area (Å²) in [6.45, 7) is 2.51. The van der Waals surface area contributed by atoms with Gasteiger partial charge in [-0.05, 0) is 60.6 Å². The van der Waals surface area contributed by atoms with Crippen molar-refractivity contribution >= 4 is 62.1 Å². The van der Waals surface area contributed by atoms with Crippen LogP contribution in [0.15, 0.2) is 66.7 Å². The Hall–Kier alpha value is -3.10. The van der Waals surface area contributed by atoms with E-state index in [0.29, 0.717) is 21.5 Å². The Bertz CT molecular complexity index is 1530. The second-order valence-corrected chi connectivity index (χ2v) is 12.2. The number of hydrogen-bond donors (Lipinski definition) is 0. The Morgan fingerprint density at radius 3 is 2.50 bits per heavy atom. The molecule has 6 nitrogen and oxygen atoms in total. The Morgan fingerprint density at radius 2 is 1.75 bits per heavy atom. The summed E-state index contributed by atoms with van der Waals surface area (Å²) in [7, 11) is 1.82. The van der Waals surface area contributed by atoms with Crippen molar-refractivity contribution in [3.8, 4) is 16.2 Å². The van der Waals surface area contributed by atoms with Crippen LogP contribution >= 0.6 is 34.5 Å². The highest BCUT2D eigenvalue weighted by Gasteiger charge is 2.32. The molecule has 0 aliphatic carbocycles. The molecule has 6 rings (SSSR count). The van der Waals surface area contributed by atoms with Crippen LogP contribution in [0.3, 0.4) is 0 Å². The number of rotatable bonds is 7. The third-order valence-electron chi connectivity index (χ3n) is 7.73. The fraction of sp³-hybridized carbons (Fsp3) is 0.290.